The molecule has 0 atom stereocenters. The van der Waals surface area contributed by atoms with E-state index in [1.165, 1.54) is 0 Å². The molecule has 2 aromatic carbocycles. The van der Waals surface area contributed by atoms with Gasteiger partial charge in [-0.15, -0.1) is 10.2 Å². The molecule has 0 bridgehead atoms. The van der Waals surface area contributed by atoms with Gasteiger partial charge in [-0.25, -0.2) is 0 Å². The third-order valence-electron chi connectivity index (χ3n) is 4.24. The van der Waals surface area contributed by atoms with Crippen LogP contribution in [-0.2, 0) is 4.74 Å². The monoisotopic (exact) mass is 317 g/mol. The second-order valence-electron chi connectivity index (χ2n) is 5.80. The van der Waals surface area contributed by atoms with Crippen LogP contribution in [0.4, 0.5) is 5.82 Å². The molecule has 24 heavy (non-hydrogen) atoms. The summed E-state index contributed by atoms with van der Waals surface area (Å²) in [5, 5.41) is 9.05. The molecule has 120 valence electrons. The van der Waals surface area contributed by atoms with Crippen LogP contribution in [0, 0.1) is 0 Å². The first-order valence-corrected chi connectivity index (χ1v) is 8.23. The molecule has 0 saturated carbocycles. The molecule has 0 spiro atoms. The highest BCUT2D eigenvalue weighted by molar-refractivity contribution is 5.79. The summed E-state index contributed by atoms with van der Waals surface area (Å²) >= 11 is 0. The predicted molar refractivity (Wildman–Crippen MR) is 95.9 cm³/mol. The van der Waals surface area contributed by atoms with Crippen molar-refractivity contribution in [3.05, 3.63) is 66.7 Å². The lowest BCUT2D eigenvalue weighted by atomic mass is 10.0. The van der Waals surface area contributed by atoms with Gasteiger partial charge in [-0.3, -0.25) is 0 Å². The highest BCUT2D eigenvalue weighted by Gasteiger charge is 2.19. The van der Waals surface area contributed by atoms with Crippen molar-refractivity contribution in [1.29, 1.82) is 0 Å². The van der Waals surface area contributed by atoms with Gasteiger partial charge in [0.15, 0.2) is 5.82 Å². The largest absolute Gasteiger partial charge is 0.378 e. The Morgan fingerprint density at radius 1 is 0.750 bits per heavy atom. The van der Waals surface area contributed by atoms with Gasteiger partial charge in [-0.2, -0.15) is 0 Å². The minimum absolute atomic E-state index is 0.732. The molecule has 1 fully saturated rings. The summed E-state index contributed by atoms with van der Waals surface area (Å²) in [5.41, 5.74) is 4.25. The first-order valence-electron chi connectivity index (χ1n) is 8.23. The zero-order valence-electron chi connectivity index (χ0n) is 13.4. The average Bonchev–Trinajstić information content (AvgIpc) is 2.69. The van der Waals surface area contributed by atoms with Crippen molar-refractivity contribution in [2.45, 2.75) is 0 Å². The Hall–Kier alpha value is -2.72. The Kier molecular flexibility index (Phi) is 4.21. The minimum atomic E-state index is 0.732. The summed E-state index contributed by atoms with van der Waals surface area (Å²) in [4.78, 5) is 2.26. The third-order valence-corrected chi connectivity index (χ3v) is 4.24. The summed E-state index contributed by atoms with van der Waals surface area (Å²) < 4.78 is 5.47. The number of benzene rings is 2. The molecule has 1 aliphatic rings. The van der Waals surface area contributed by atoms with E-state index >= 15 is 0 Å². The van der Waals surface area contributed by atoms with E-state index in [1.807, 2.05) is 24.3 Å². The Bertz CT molecular complexity index is 800. The second-order valence-corrected chi connectivity index (χ2v) is 5.80. The minimum Gasteiger partial charge on any atom is -0.378 e. The Labute approximate surface area is 141 Å². The van der Waals surface area contributed by atoms with Gasteiger partial charge in [0.25, 0.3) is 0 Å². The standard InChI is InChI=1S/C20H19N3O/c1-3-7-16(8-4-1)18-15-19(17-9-5-2-6-10-17)21-22-20(18)23-11-13-24-14-12-23/h1-10,15H,11-14H2. The summed E-state index contributed by atoms with van der Waals surface area (Å²) in [6.45, 7) is 3.16. The summed E-state index contributed by atoms with van der Waals surface area (Å²) in [6.07, 6.45) is 0. The van der Waals surface area contributed by atoms with Crippen molar-refractivity contribution in [2.24, 2.45) is 0 Å². The van der Waals surface area contributed by atoms with Gasteiger partial charge in [0, 0.05) is 24.2 Å². The maximum Gasteiger partial charge on any atom is 0.159 e. The second kappa shape index (κ2) is 6.81. The van der Waals surface area contributed by atoms with Gasteiger partial charge >= 0.3 is 0 Å². The summed E-state index contributed by atoms with van der Waals surface area (Å²) in [5.74, 6) is 0.934. The zero-order chi connectivity index (χ0) is 16.2. The van der Waals surface area contributed by atoms with Gasteiger partial charge in [0.1, 0.15) is 0 Å². The number of rotatable bonds is 3. The number of ether oxygens (including phenoxy) is 1. The normalized spacial score (nSPS) is 14.6. The summed E-state index contributed by atoms with van der Waals surface area (Å²) in [7, 11) is 0. The van der Waals surface area contributed by atoms with Gasteiger partial charge in [0.2, 0.25) is 0 Å². The van der Waals surface area contributed by atoms with Crippen LogP contribution >= 0.6 is 0 Å². The van der Waals surface area contributed by atoms with Gasteiger partial charge < -0.3 is 9.64 Å². The SMILES string of the molecule is c1ccc(-c2cc(-c3ccccc3)c(N3CCOCC3)nn2)cc1. The molecule has 0 unspecified atom stereocenters. The number of hydrogen-bond acceptors (Lipinski definition) is 4. The molecule has 2 heterocycles. The maximum atomic E-state index is 5.47. The number of hydrogen-bond donors (Lipinski definition) is 0. The fourth-order valence-corrected chi connectivity index (χ4v) is 2.97. The van der Waals surface area contributed by atoms with Crippen LogP contribution in [0.15, 0.2) is 66.7 Å². The van der Waals surface area contributed by atoms with Crippen LogP contribution in [0.5, 0.6) is 0 Å². The Morgan fingerprint density at radius 2 is 1.38 bits per heavy atom. The summed E-state index contributed by atoms with van der Waals surface area (Å²) in [6, 6.07) is 22.7. The van der Waals surface area contributed by atoms with Crippen LogP contribution < -0.4 is 4.90 Å². The van der Waals surface area contributed by atoms with Crippen molar-refractivity contribution < 1.29 is 4.74 Å². The molecule has 1 saturated heterocycles. The number of nitrogens with zero attached hydrogens (tertiary/aromatic N) is 3. The lowest BCUT2D eigenvalue weighted by Gasteiger charge is -2.29. The Balaban J connectivity index is 1.82. The van der Waals surface area contributed by atoms with Crippen LogP contribution in [0.25, 0.3) is 22.4 Å². The Morgan fingerprint density at radius 3 is 2.04 bits per heavy atom. The van der Waals surface area contributed by atoms with Gasteiger partial charge in [0.05, 0.1) is 18.9 Å². The molecule has 4 nitrogen and oxygen atoms in total. The molecule has 3 aromatic rings. The highest BCUT2D eigenvalue weighted by Crippen LogP contribution is 2.32. The highest BCUT2D eigenvalue weighted by atomic mass is 16.5. The fourth-order valence-electron chi connectivity index (χ4n) is 2.97. The van der Waals surface area contributed by atoms with Gasteiger partial charge in [-0.1, -0.05) is 60.7 Å². The molecule has 0 N–H and O–H groups in total. The van der Waals surface area contributed by atoms with Crippen LogP contribution in [-0.4, -0.2) is 36.5 Å². The van der Waals surface area contributed by atoms with Crippen molar-refractivity contribution in [3.63, 3.8) is 0 Å². The first kappa shape index (κ1) is 14.8. The van der Waals surface area contributed by atoms with Crippen LogP contribution in [0.1, 0.15) is 0 Å². The van der Waals surface area contributed by atoms with Crippen LogP contribution in [0.3, 0.4) is 0 Å². The fraction of sp³-hybridized carbons (Fsp3) is 0.200. The van der Waals surface area contributed by atoms with Crippen molar-refractivity contribution in [1.82, 2.24) is 10.2 Å². The smallest absolute Gasteiger partial charge is 0.159 e. The molecular formula is C20H19N3O. The zero-order valence-corrected chi connectivity index (χ0v) is 13.4. The van der Waals surface area contributed by atoms with Crippen molar-refractivity contribution in [2.75, 3.05) is 31.2 Å². The molecule has 1 aliphatic heterocycles. The molecule has 4 heteroatoms. The number of morpholine rings is 1. The van der Waals surface area contributed by atoms with E-state index in [0.29, 0.717) is 0 Å². The maximum absolute atomic E-state index is 5.47. The first-order chi connectivity index (χ1) is 11.9. The van der Waals surface area contributed by atoms with E-state index in [-0.39, 0.29) is 0 Å². The lowest BCUT2D eigenvalue weighted by Crippen LogP contribution is -2.37. The van der Waals surface area contributed by atoms with Crippen molar-refractivity contribution >= 4 is 5.82 Å². The molecule has 4 rings (SSSR count). The van der Waals surface area contributed by atoms with E-state index in [2.05, 4.69) is 57.6 Å². The lowest BCUT2D eigenvalue weighted by molar-refractivity contribution is 0.122. The van der Waals surface area contributed by atoms with E-state index in [9.17, 15) is 0 Å². The molecular weight excluding hydrogens is 298 g/mol. The quantitative estimate of drug-likeness (QED) is 0.739. The molecule has 0 aliphatic carbocycles. The van der Waals surface area contributed by atoms with E-state index in [0.717, 1.165) is 54.5 Å². The third kappa shape index (κ3) is 3.01. The number of aromatic nitrogens is 2. The van der Waals surface area contributed by atoms with Crippen molar-refractivity contribution in [3.8, 4) is 22.4 Å². The van der Waals surface area contributed by atoms with E-state index < -0.39 is 0 Å². The van der Waals surface area contributed by atoms with E-state index in [1.54, 1.807) is 0 Å². The number of anilines is 1. The molecule has 0 radical (unpaired) electrons. The topological polar surface area (TPSA) is 38.2 Å². The van der Waals surface area contributed by atoms with Crippen LogP contribution in [0.2, 0.25) is 0 Å². The average molecular weight is 317 g/mol. The molecule has 1 aromatic heterocycles. The predicted octanol–water partition coefficient (Wildman–Crippen LogP) is 3.65. The molecule has 0 amide bonds. The van der Waals surface area contributed by atoms with E-state index in [4.69, 9.17) is 4.74 Å². The van der Waals surface area contributed by atoms with Gasteiger partial charge in [-0.05, 0) is 11.6 Å².